The van der Waals surface area contributed by atoms with Gasteiger partial charge in [0.1, 0.15) is 10.7 Å². The second-order valence-corrected chi connectivity index (χ2v) is 5.52. The van der Waals surface area contributed by atoms with E-state index in [2.05, 4.69) is 15.9 Å². The molecule has 3 nitrogen and oxygen atoms in total. The average Bonchev–Trinajstić information content (AvgIpc) is 2.44. The number of rotatable bonds is 5. The molecule has 0 aromatic heterocycles. The van der Waals surface area contributed by atoms with Gasteiger partial charge in [-0.1, -0.05) is 24.4 Å². The standard InChI is InChI=1S/C15H13BrFNO2S/c1-19-8-9-3-2-4-10(7-9)20-12-6-5-11(15(18)21)13(16)14(12)17/h2-7H,8H2,1H3,(H2,18,21). The van der Waals surface area contributed by atoms with Crippen molar-refractivity contribution in [1.29, 1.82) is 0 Å². The lowest BCUT2D eigenvalue weighted by Gasteiger charge is -2.11. The Hall–Kier alpha value is -1.50. The third-order valence-corrected chi connectivity index (χ3v) is 3.74. The minimum absolute atomic E-state index is 0.0939. The molecule has 0 spiro atoms. The van der Waals surface area contributed by atoms with Crippen LogP contribution in [0.4, 0.5) is 4.39 Å². The molecule has 2 aromatic rings. The lowest BCUT2D eigenvalue weighted by atomic mass is 10.2. The van der Waals surface area contributed by atoms with Gasteiger partial charge in [-0.05, 0) is 45.8 Å². The first-order chi connectivity index (χ1) is 10.0. The fourth-order valence-electron chi connectivity index (χ4n) is 1.79. The Kier molecular flexibility index (Phi) is 5.27. The molecule has 0 heterocycles. The summed E-state index contributed by atoms with van der Waals surface area (Å²) in [6.07, 6.45) is 0. The molecule has 110 valence electrons. The molecule has 2 aromatic carbocycles. The largest absolute Gasteiger partial charge is 0.454 e. The van der Waals surface area contributed by atoms with Gasteiger partial charge >= 0.3 is 0 Å². The van der Waals surface area contributed by atoms with Crippen LogP contribution in [0.25, 0.3) is 0 Å². The molecule has 0 unspecified atom stereocenters. The van der Waals surface area contributed by atoms with E-state index in [1.807, 2.05) is 12.1 Å². The fraction of sp³-hybridized carbons (Fsp3) is 0.133. The predicted molar refractivity (Wildman–Crippen MR) is 87.2 cm³/mol. The van der Waals surface area contributed by atoms with E-state index < -0.39 is 5.82 Å². The van der Waals surface area contributed by atoms with Crippen LogP contribution in [0.2, 0.25) is 0 Å². The monoisotopic (exact) mass is 369 g/mol. The van der Waals surface area contributed by atoms with Crippen molar-refractivity contribution in [2.45, 2.75) is 6.61 Å². The van der Waals surface area contributed by atoms with E-state index in [0.717, 1.165) is 5.56 Å². The minimum Gasteiger partial charge on any atom is -0.454 e. The van der Waals surface area contributed by atoms with Crippen LogP contribution < -0.4 is 10.5 Å². The molecule has 6 heteroatoms. The summed E-state index contributed by atoms with van der Waals surface area (Å²) < 4.78 is 25.1. The molecule has 0 radical (unpaired) electrons. The Labute approximate surface area is 136 Å². The first kappa shape index (κ1) is 15.9. The molecule has 0 aliphatic heterocycles. The Balaban J connectivity index is 2.30. The van der Waals surface area contributed by atoms with E-state index in [1.54, 1.807) is 25.3 Å². The van der Waals surface area contributed by atoms with Crippen LogP contribution in [0.3, 0.4) is 0 Å². The zero-order valence-electron chi connectivity index (χ0n) is 11.2. The highest BCUT2D eigenvalue weighted by atomic mass is 79.9. The highest BCUT2D eigenvalue weighted by Crippen LogP contribution is 2.32. The maximum Gasteiger partial charge on any atom is 0.180 e. The number of nitrogens with two attached hydrogens (primary N) is 1. The normalized spacial score (nSPS) is 10.4. The van der Waals surface area contributed by atoms with Crippen LogP contribution in [0.1, 0.15) is 11.1 Å². The number of thiocarbonyl (C=S) groups is 1. The minimum atomic E-state index is -0.544. The van der Waals surface area contributed by atoms with Gasteiger partial charge in [-0.15, -0.1) is 0 Å². The molecular weight excluding hydrogens is 357 g/mol. The van der Waals surface area contributed by atoms with Crippen LogP contribution in [0.5, 0.6) is 11.5 Å². The summed E-state index contributed by atoms with van der Waals surface area (Å²) in [6, 6.07) is 10.4. The third-order valence-electron chi connectivity index (χ3n) is 2.75. The second kappa shape index (κ2) is 6.98. The SMILES string of the molecule is COCc1cccc(Oc2ccc(C(N)=S)c(Br)c2F)c1. The molecule has 0 amide bonds. The lowest BCUT2D eigenvalue weighted by Crippen LogP contribution is -2.11. The zero-order chi connectivity index (χ0) is 15.4. The lowest BCUT2D eigenvalue weighted by molar-refractivity contribution is 0.184. The molecule has 0 fully saturated rings. The highest BCUT2D eigenvalue weighted by Gasteiger charge is 2.14. The Morgan fingerprint density at radius 3 is 2.76 bits per heavy atom. The molecule has 0 aliphatic carbocycles. The van der Waals surface area contributed by atoms with Gasteiger partial charge in [-0.25, -0.2) is 4.39 Å². The van der Waals surface area contributed by atoms with Crippen molar-refractivity contribution in [3.05, 3.63) is 57.8 Å². The number of methoxy groups -OCH3 is 1. The summed E-state index contributed by atoms with van der Waals surface area (Å²) >= 11 is 8.00. The van der Waals surface area contributed by atoms with Gasteiger partial charge < -0.3 is 15.2 Å². The molecule has 0 bridgehead atoms. The maximum absolute atomic E-state index is 14.2. The predicted octanol–water partition coefficient (Wildman–Crippen LogP) is 4.16. The highest BCUT2D eigenvalue weighted by molar-refractivity contribution is 9.10. The van der Waals surface area contributed by atoms with Crippen LogP contribution in [-0.4, -0.2) is 12.1 Å². The molecular formula is C15H13BrFNO2S. The summed E-state index contributed by atoms with van der Waals surface area (Å²) in [5.41, 5.74) is 6.89. The topological polar surface area (TPSA) is 44.5 Å². The van der Waals surface area contributed by atoms with Crippen molar-refractivity contribution in [3.63, 3.8) is 0 Å². The molecule has 0 saturated heterocycles. The van der Waals surface area contributed by atoms with Gasteiger partial charge in [-0.2, -0.15) is 0 Å². The summed E-state index contributed by atoms with van der Waals surface area (Å²) in [5, 5.41) is 0. The van der Waals surface area contributed by atoms with E-state index >= 15 is 0 Å². The molecule has 0 saturated carbocycles. The van der Waals surface area contributed by atoms with Gasteiger partial charge in [-0.3, -0.25) is 0 Å². The molecule has 0 aliphatic rings. The molecule has 2 N–H and O–H groups in total. The van der Waals surface area contributed by atoms with Gasteiger partial charge in [0.25, 0.3) is 0 Å². The van der Waals surface area contributed by atoms with E-state index in [9.17, 15) is 4.39 Å². The Morgan fingerprint density at radius 2 is 2.10 bits per heavy atom. The van der Waals surface area contributed by atoms with E-state index in [-0.39, 0.29) is 15.2 Å². The van der Waals surface area contributed by atoms with E-state index in [1.165, 1.54) is 6.07 Å². The number of halogens is 2. The molecule has 21 heavy (non-hydrogen) atoms. The molecule has 2 rings (SSSR count). The van der Waals surface area contributed by atoms with Crippen molar-refractivity contribution < 1.29 is 13.9 Å². The van der Waals surface area contributed by atoms with Crippen LogP contribution >= 0.6 is 28.1 Å². The van der Waals surface area contributed by atoms with Crippen LogP contribution in [-0.2, 0) is 11.3 Å². The first-order valence-electron chi connectivity index (χ1n) is 6.06. The smallest absolute Gasteiger partial charge is 0.180 e. The van der Waals surface area contributed by atoms with Crippen LogP contribution in [0, 0.1) is 5.82 Å². The number of ether oxygens (including phenoxy) is 2. The fourth-order valence-corrected chi connectivity index (χ4v) is 2.64. The Morgan fingerprint density at radius 1 is 1.33 bits per heavy atom. The maximum atomic E-state index is 14.2. The van der Waals surface area contributed by atoms with Crippen molar-refractivity contribution in [1.82, 2.24) is 0 Å². The first-order valence-corrected chi connectivity index (χ1v) is 7.26. The van der Waals surface area contributed by atoms with E-state index in [4.69, 9.17) is 27.4 Å². The van der Waals surface area contributed by atoms with Gasteiger partial charge in [0.15, 0.2) is 11.6 Å². The van der Waals surface area contributed by atoms with Crippen molar-refractivity contribution in [3.8, 4) is 11.5 Å². The number of hydrogen-bond acceptors (Lipinski definition) is 3. The number of hydrogen-bond donors (Lipinski definition) is 1. The zero-order valence-corrected chi connectivity index (χ0v) is 13.6. The quantitative estimate of drug-likeness (QED) is 0.803. The van der Waals surface area contributed by atoms with Crippen molar-refractivity contribution >= 4 is 33.1 Å². The summed E-state index contributed by atoms with van der Waals surface area (Å²) in [4.78, 5) is 0.120. The second-order valence-electron chi connectivity index (χ2n) is 4.29. The van der Waals surface area contributed by atoms with Gasteiger partial charge in [0.2, 0.25) is 0 Å². The van der Waals surface area contributed by atoms with E-state index in [0.29, 0.717) is 17.9 Å². The molecule has 0 atom stereocenters. The van der Waals surface area contributed by atoms with Crippen molar-refractivity contribution in [2.24, 2.45) is 5.73 Å². The summed E-state index contributed by atoms with van der Waals surface area (Å²) in [7, 11) is 1.61. The Bertz CT molecular complexity index is 679. The van der Waals surface area contributed by atoms with Gasteiger partial charge in [0.05, 0.1) is 11.1 Å². The third kappa shape index (κ3) is 3.78. The number of benzene rings is 2. The average molecular weight is 370 g/mol. The summed E-state index contributed by atoms with van der Waals surface area (Å²) in [6.45, 7) is 0.462. The summed E-state index contributed by atoms with van der Waals surface area (Å²) in [5.74, 6) is 0.0762. The van der Waals surface area contributed by atoms with Crippen LogP contribution in [0.15, 0.2) is 40.9 Å². The van der Waals surface area contributed by atoms with Crippen molar-refractivity contribution in [2.75, 3.05) is 7.11 Å². The van der Waals surface area contributed by atoms with Gasteiger partial charge in [0, 0.05) is 12.7 Å².